The van der Waals surface area contributed by atoms with Crippen molar-refractivity contribution in [3.8, 4) is 5.69 Å². The number of carbonyl (C=O) groups is 2. The lowest BCUT2D eigenvalue weighted by Crippen LogP contribution is -2.16. The van der Waals surface area contributed by atoms with E-state index in [1.54, 1.807) is 18.2 Å². The zero-order valence-electron chi connectivity index (χ0n) is 10.3. The number of aromatic nitrogens is 2. The van der Waals surface area contributed by atoms with Crippen molar-refractivity contribution < 1.29 is 9.59 Å². The van der Waals surface area contributed by atoms with Crippen LogP contribution in [-0.4, -0.2) is 21.6 Å². The molecule has 0 spiro atoms. The van der Waals surface area contributed by atoms with E-state index in [2.05, 4.69) is 5.10 Å². The van der Waals surface area contributed by atoms with Crippen molar-refractivity contribution in [1.29, 1.82) is 0 Å². The van der Waals surface area contributed by atoms with Crippen LogP contribution in [0, 0.1) is 6.92 Å². The summed E-state index contributed by atoms with van der Waals surface area (Å²) in [4.78, 5) is 22.5. The van der Waals surface area contributed by atoms with Gasteiger partial charge in [0.2, 0.25) is 0 Å². The summed E-state index contributed by atoms with van der Waals surface area (Å²) < 4.78 is 1.32. The van der Waals surface area contributed by atoms with E-state index in [0.29, 0.717) is 5.69 Å². The van der Waals surface area contributed by atoms with Crippen LogP contribution in [0.3, 0.4) is 0 Å². The van der Waals surface area contributed by atoms with Gasteiger partial charge in [0.05, 0.1) is 23.1 Å². The molecule has 0 atom stereocenters. The number of rotatable bonds is 3. The Hall–Kier alpha value is -2.83. The van der Waals surface area contributed by atoms with Gasteiger partial charge in [-0.25, -0.2) is 4.68 Å². The van der Waals surface area contributed by atoms with Crippen molar-refractivity contribution in [3.05, 3.63) is 41.2 Å². The first-order valence-corrected chi connectivity index (χ1v) is 5.46. The molecule has 1 heterocycles. The van der Waals surface area contributed by atoms with E-state index in [4.69, 9.17) is 17.2 Å². The fraction of sp³-hybridized carbons (Fsp3) is 0.0833. The van der Waals surface area contributed by atoms with E-state index in [-0.39, 0.29) is 16.9 Å². The van der Waals surface area contributed by atoms with Gasteiger partial charge in [0.25, 0.3) is 11.8 Å². The van der Waals surface area contributed by atoms with Crippen LogP contribution >= 0.6 is 0 Å². The van der Waals surface area contributed by atoms with Gasteiger partial charge in [-0.3, -0.25) is 9.59 Å². The molecule has 0 aliphatic rings. The monoisotopic (exact) mass is 259 g/mol. The molecule has 0 aliphatic heterocycles. The molecular formula is C12H13N5O2. The molecule has 0 radical (unpaired) electrons. The predicted octanol–water partition coefficient (Wildman–Crippen LogP) is -0.0393. The first-order valence-electron chi connectivity index (χ1n) is 5.46. The Labute approximate surface area is 109 Å². The van der Waals surface area contributed by atoms with Crippen molar-refractivity contribution in [3.63, 3.8) is 0 Å². The highest BCUT2D eigenvalue weighted by molar-refractivity contribution is 5.97. The Balaban J connectivity index is 2.64. The lowest BCUT2D eigenvalue weighted by molar-refractivity contribution is 0.0991. The smallest absolute Gasteiger partial charge is 0.271 e. The quantitative estimate of drug-likeness (QED) is 0.713. The Morgan fingerprint density at radius 2 is 1.89 bits per heavy atom. The molecular weight excluding hydrogens is 246 g/mol. The molecule has 7 nitrogen and oxygen atoms in total. The molecule has 2 aromatic rings. The molecule has 0 fully saturated rings. The molecule has 2 amide bonds. The van der Waals surface area contributed by atoms with Crippen molar-refractivity contribution in [2.24, 2.45) is 11.5 Å². The normalized spacial score (nSPS) is 10.4. The number of aryl methyl sites for hydroxylation is 1. The van der Waals surface area contributed by atoms with Crippen LogP contribution in [0.25, 0.3) is 5.69 Å². The van der Waals surface area contributed by atoms with E-state index in [1.807, 2.05) is 6.92 Å². The third-order valence-corrected chi connectivity index (χ3v) is 2.64. The molecule has 1 aromatic heterocycles. The summed E-state index contributed by atoms with van der Waals surface area (Å²) in [6.07, 6.45) is 1.42. The molecule has 0 saturated carbocycles. The summed E-state index contributed by atoms with van der Waals surface area (Å²) in [5, 5.41) is 3.97. The second-order valence-corrected chi connectivity index (χ2v) is 4.13. The minimum absolute atomic E-state index is 0.0445. The maximum Gasteiger partial charge on any atom is 0.271 e. The summed E-state index contributed by atoms with van der Waals surface area (Å²) >= 11 is 0. The average molecular weight is 259 g/mol. The number of nitrogens with two attached hydrogens (primary N) is 3. The van der Waals surface area contributed by atoms with Gasteiger partial charge < -0.3 is 17.2 Å². The van der Waals surface area contributed by atoms with Gasteiger partial charge in [-0.2, -0.15) is 5.10 Å². The molecule has 0 saturated heterocycles. The van der Waals surface area contributed by atoms with Crippen LogP contribution < -0.4 is 17.2 Å². The summed E-state index contributed by atoms with van der Waals surface area (Å²) in [6, 6.07) is 5.07. The molecule has 19 heavy (non-hydrogen) atoms. The number of nitrogen functional groups attached to an aromatic ring is 1. The minimum atomic E-state index is -0.732. The van der Waals surface area contributed by atoms with E-state index in [1.165, 1.54) is 10.9 Å². The third kappa shape index (κ3) is 2.25. The fourth-order valence-electron chi connectivity index (χ4n) is 1.74. The predicted molar refractivity (Wildman–Crippen MR) is 69.7 cm³/mol. The molecule has 98 valence electrons. The lowest BCUT2D eigenvalue weighted by atomic mass is 10.1. The molecule has 2 rings (SSSR count). The van der Waals surface area contributed by atoms with Crippen LogP contribution in [0.15, 0.2) is 24.4 Å². The zero-order valence-corrected chi connectivity index (χ0v) is 10.3. The second kappa shape index (κ2) is 4.45. The van der Waals surface area contributed by atoms with Gasteiger partial charge in [-0.15, -0.1) is 0 Å². The third-order valence-electron chi connectivity index (χ3n) is 2.64. The van der Waals surface area contributed by atoms with Crippen LogP contribution in [-0.2, 0) is 0 Å². The Bertz CT molecular complexity index is 675. The van der Waals surface area contributed by atoms with E-state index in [0.717, 1.165) is 5.56 Å². The number of nitrogens with zero attached hydrogens (tertiary/aromatic N) is 2. The second-order valence-electron chi connectivity index (χ2n) is 4.13. The summed E-state index contributed by atoms with van der Waals surface area (Å²) in [5.41, 5.74) is 17.8. The topological polar surface area (TPSA) is 130 Å². The average Bonchev–Trinajstić information content (AvgIpc) is 2.70. The van der Waals surface area contributed by atoms with Gasteiger partial charge in [0.1, 0.15) is 0 Å². The van der Waals surface area contributed by atoms with Crippen molar-refractivity contribution in [1.82, 2.24) is 9.78 Å². The largest absolute Gasteiger partial charge is 0.396 e. The van der Waals surface area contributed by atoms with E-state index >= 15 is 0 Å². The standard InChI is InChI=1S/C12H13N5O2/c1-6-2-3-7(11(14)18)9(4-6)17-5-8(13)10(16-17)12(15)19/h2-5H,13H2,1H3,(H2,14,18)(H2,15,19). The summed E-state index contributed by atoms with van der Waals surface area (Å²) in [7, 11) is 0. The van der Waals surface area contributed by atoms with Crippen LogP contribution in [0.1, 0.15) is 26.4 Å². The number of benzene rings is 1. The summed E-state index contributed by atoms with van der Waals surface area (Å²) in [5.74, 6) is -1.32. The van der Waals surface area contributed by atoms with Crippen LogP contribution in [0.4, 0.5) is 5.69 Å². The van der Waals surface area contributed by atoms with Crippen LogP contribution in [0.2, 0.25) is 0 Å². The number of amides is 2. The van der Waals surface area contributed by atoms with Crippen molar-refractivity contribution in [2.45, 2.75) is 6.92 Å². The highest BCUT2D eigenvalue weighted by atomic mass is 16.1. The van der Waals surface area contributed by atoms with Gasteiger partial charge in [0.15, 0.2) is 5.69 Å². The molecule has 0 unspecified atom stereocenters. The molecule has 0 aliphatic carbocycles. The van der Waals surface area contributed by atoms with Crippen molar-refractivity contribution in [2.75, 3.05) is 5.73 Å². The maximum atomic E-state index is 11.4. The lowest BCUT2D eigenvalue weighted by Gasteiger charge is -2.07. The highest BCUT2D eigenvalue weighted by Gasteiger charge is 2.16. The molecule has 6 N–H and O–H groups in total. The Morgan fingerprint density at radius 3 is 2.42 bits per heavy atom. The SMILES string of the molecule is Cc1ccc(C(N)=O)c(-n2cc(N)c(C(N)=O)n2)c1. The number of hydrogen-bond donors (Lipinski definition) is 3. The molecule has 1 aromatic carbocycles. The minimum Gasteiger partial charge on any atom is -0.396 e. The zero-order chi connectivity index (χ0) is 14.2. The first-order chi connectivity index (χ1) is 8.90. The van der Waals surface area contributed by atoms with Gasteiger partial charge >= 0.3 is 0 Å². The number of carbonyl (C=O) groups excluding carboxylic acids is 2. The number of hydrogen-bond acceptors (Lipinski definition) is 4. The Morgan fingerprint density at radius 1 is 1.21 bits per heavy atom. The van der Waals surface area contributed by atoms with Crippen molar-refractivity contribution >= 4 is 17.5 Å². The number of primary amides is 2. The fourth-order valence-corrected chi connectivity index (χ4v) is 1.74. The highest BCUT2D eigenvalue weighted by Crippen LogP contribution is 2.19. The number of anilines is 1. The van der Waals surface area contributed by atoms with E-state index in [9.17, 15) is 9.59 Å². The maximum absolute atomic E-state index is 11.4. The molecule has 0 bridgehead atoms. The Kier molecular flexibility index (Phi) is 2.95. The van der Waals surface area contributed by atoms with Gasteiger partial charge in [-0.1, -0.05) is 6.07 Å². The van der Waals surface area contributed by atoms with E-state index < -0.39 is 11.8 Å². The van der Waals surface area contributed by atoms with Gasteiger partial charge in [-0.05, 0) is 24.6 Å². The first kappa shape index (κ1) is 12.6. The van der Waals surface area contributed by atoms with Crippen LogP contribution in [0.5, 0.6) is 0 Å². The summed E-state index contributed by atoms with van der Waals surface area (Å²) in [6.45, 7) is 1.86. The van der Waals surface area contributed by atoms with Gasteiger partial charge in [0, 0.05) is 0 Å². The molecule has 7 heteroatoms.